The SMILES string of the molecule is Cc1ccc(C(=O)OCC(=O)Nc2c(C)cccc2[N+](=O)[O-])c(C)c1. The number of rotatable bonds is 5. The summed E-state index contributed by atoms with van der Waals surface area (Å²) in [5.41, 5.74) is 2.57. The minimum Gasteiger partial charge on any atom is -0.452 e. The van der Waals surface area contributed by atoms with Crippen LogP contribution in [0.3, 0.4) is 0 Å². The summed E-state index contributed by atoms with van der Waals surface area (Å²) in [6.07, 6.45) is 0. The largest absolute Gasteiger partial charge is 0.452 e. The molecule has 0 atom stereocenters. The second-order valence-corrected chi connectivity index (χ2v) is 5.67. The first-order valence-electron chi connectivity index (χ1n) is 7.58. The Morgan fingerprint density at radius 2 is 1.84 bits per heavy atom. The number of nitro benzene ring substituents is 1. The molecule has 0 saturated heterocycles. The van der Waals surface area contributed by atoms with E-state index < -0.39 is 23.4 Å². The molecule has 2 aromatic carbocycles. The van der Waals surface area contributed by atoms with Crippen LogP contribution in [0.5, 0.6) is 0 Å². The third-order valence-corrected chi connectivity index (χ3v) is 3.65. The number of anilines is 1. The minimum atomic E-state index is -0.643. The Morgan fingerprint density at radius 1 is 1.12 bits per heavy atom. The van der Waals surface area contributed by atoms with Crippen molar-refractivity contribution in [3.8, 4) is 0 Å². The summed E-state index contributed by atoms with van der Waals surface area (Å²) < 4.78 is 5.00. The van der Waals surface area contributed by atoms with Gasteiger partial charge in [-0.25, -0.2) is 4.79 Å². The van der Waals surface area contributed by atoms with Gasteiger partial charge >= 0.3 is 5.97 Å². The van der Waals surface area contributed by atoms with Gasteiger partial charge in [0.05, 0.1) is 10.5 Å². The molecule has 130 valence electrons. The van der Waals surface area contributed by atoms with Crippen molar-refractivity contribution in [2.75, 3.05) is 11.9 Å². The van der Waals surface area contributed by atoms with Gasteiger partial charge in [0.15, 0.2) is 6.61 Å². The lowest BCUT2D eigenvalue weighted by Crippen LogP contribution is -2.22. The number of nitro groups is 1. The van der Waals surface area contributed by atoms with E-state index in [2.05, 4.69) is 5.32 Å². The van der Waals surface area contributed by atoms with Crippen LogP contribution in [0.1, 0.15) is 27.0 Å². The van der Waals surface area contributed by atoms with Crippen LogP contribution in [0, 0.1) is 30.9 Å². The predicted octanol–water partition coefficient (Wildman–Crippen LogP) is 3.32. The Bertz CT molecular complexity index is 845. The van der Waals surface area contributed by atoms with Gasteiger partial charge in [-0.1, -0.05) is 29.8 Å². The van der Waals surface area contributed by atoms with Crippen LogP contribution >= 0.6 is 0 Å². The highest BCUT2D eigenvalue weighted by Gasteiger charge is 2.19. The Labute approximate surface area is 144 Å². The van der Waals surface area contributed by atoms with Crippen molar-refractivity contribution in [2.45, 2.75) is 20.8 Å². The van der Waals surface area contributed by atoms with Crippen molar-refractivity contribution < 1.29 is 19.2 Å². The van der Waals surface area contributed by atoms with E-state index in [9.17, 15) is 19.7 Å². The van der Waals surface area contributed by atoms with Gasteiger partial charge in [-0.15, -0.1) is 0 Å². The van der Waals surface area contributed by atoms with E-state index in [0.717, 1.165) is 11.1 Å². The van der Waals surface area contributed by atoms with Gasteiger partial charge in [-0.05, 0) is 38.0 Å². The molecule has 0 fully saturated rings. The Hall–Kier alpha value is -3.22. The molecule has 1 N–H and O–H groups in total. The van der Waals surface area contributed by atoms with Gasteiger partial charge in [0.1, 0.15) is 5.69 Å². The summed E-state index contributed by atoms with van der Waals surface area (Å²) >= 11 is 0. The molecule has 0 radical (unpaired) electrons. The topological polar surface area (TPSA) is 98.5 Å². The maximum Gasteiger partial charge on any atom is 0.338 e. The lowest BCUT2D eigenvalue weighted by Gasteiger charge is -2.10. The van der Waals surface area contributed by atoms with Crippen LogP contribution in [0.2, 0.25) is 0 Å². The number of hydrogen-bond acceptors (Lipinski definition) is 5. The number of ether oxygens (including phenoxy) is 1. The fourth-order valence-corrected chi connectivity index (χ4v) is 2.39. The van der Waals surface area contributed by atoms with E-state index in [4.69, 9.17) is 4.74 Å². The number of para-hydroxylation sites is 1. The number of nitrogens with one attached hydrogen (secondary N) is 1. The normalized spacial score (nSPS) is 10.2. The maximum atomic E-state index is 12.1. The second kappa shape index (κ2) is 7.57. The molecule has 0 saturated carbocycles. The van der Waals surface area contributed by atoms with Crippen molar-refractivity contribution in [3.63, 3.8) is 0 Å². The Balaban J connectivity index is 2.04. The molecular weight excluding hydrogens is 324 g/mol. The van der Waals surface area contributed by atoms with Gasteiger partial charge in [0.25, 0.3) is 11.6 Å². The predicted molar refractivity (Wildman–Crippen MR) is 92.7 cm³/mol. The molecule has 0 aromatic heterocycles. The highest BCUT2D eigenvalue weighted by atomic mass is 16.6. The van der Waals surface area contributed by atoms with Crippen LogP contribution in [-0.2, 0) is 9.53 Å². The van der Waals surface area contributed by atoms with Crippen LogP contribution in [-0.4, -0.2) is 23.4 Å². The summed E-state index contributed by atoms with van der Waals surface area (Å²) in [4.78, 5) is 34.5. The zero-order valence-electron chi connectivity index (χ0n) is 14.2. The third-order valence-electron chi connectivity index (χ3n) is 3.65. The number of nitrogens with zero attached hydrogens (tertiary/aromatic N) is 1. The van der Waals surface area contributed by atoms with Crippen molar-refractivity contribution >= 4 is 23.3 Å². The number of carbonyl (C=O) groups excluding carboxylic acids is 2. The summed E-state index contributed by atoms with van der Waals surface area (Å²) in [5, 5.41) is 13.5. The van der Waals surface area contributed by atoms with E-state index in [1.807, 2.05) is 13.0 Å². The highest BCUT2D eigenvalue weighted by Crippen LogP contribution is 2.27. The number of aryl methyl sites for hydroxylation is 3. The van der Waals surface area contributed by atoms with Gasteiger partial charge in [-0.3, -0.25) is 14.9 Å². The summed E-state index contributed by atoms with van der Waals surface area (Å²) in [7, 11) is 0. The molecule has 0 aliphatic rings. The van der Waals surface area contributed by atoms with E-state index in [0.29, 0.717) is 11.1 Å². The molecule has 2 aromatic rings. The Kier molecular flexibility index (Phi) is 5.49. The second-order valence-electron chi connectivity index (χ2n) is 5.67. The smallest absolute Gasteiger partial charge is 0.338 e. The van der Waals surface area contributed by atoms with Crippen LogP contribution in [0.25, 0.3) is 0 Å². The van der Waals surface area contributed by atoms with Crippen molar-refractivity contribution in [1.82, 2.24) is 0 Å². The van der Waals surface area contributed by atoms with Crippen LogP contribution in [0.15, 0.2) is 36.4 Å². The highest BCUT2D eigenvalue weighted by molar-refractivity contribution is 5.97. The molecule has 0 aliphatic carbocycles. The first kappa shape index (κ1) is 18.1. The molecule has 0 heterocycles. The van der Waals surface area contributed by atoms with Gasteiger partial charge in [0.2, 0.25) is 0 Å². The summed E-state index contributed by atoms with van der Waals surface area (Å²) in [6.45, 7) is 4.80. The first-order valence-corrected chi connectivity index (χ1v) is 7.58. The number of benzene rings is 2. The fourth-order valence-electron chi connectivity index (χ4n) is 2.39. The standard InChI is InChI=1S/C18H18N2O5/c1-11-7-8-14(13(3)9-11)18(22)25-10-16(21)19-17-12(2)5-4-6-15(17)20(23)24/h4-9H,10H2,1-3H3,(H,19,21). The Morgan fingerprint density at radius 3 is 2.48 bits per heavy atom. The lowest BCUT2D eigenvalue weighted by molar-refractivity contribution is -0.384. The summed E-state index contributed by atoms with van der Waals surface area (Å²) in [5.74, 6) is -1.26. The van der Waals surface area contributed by atoms with E-state index in [1.165, 1.54) is 12.1 Å². The molecule has 25 heavy (non-hydrogen) atoms. The first-order chi connectivity index (χ1) is 11.8. The van der Waals surface area contributed by atoms with Gasteiger partial charge in [-0.2, -0.15) is 0 Å². The van der Waals surface area contributed by atoms with E-state index in [1.54, 1.807) is 32.0 Å². The summed E-state index contributed by atoms with van der Waals surface area (Å²) in [6, 6.07) is 9.72. The molecule has 1 amide bonds. The molecule has 0 unspecified atom stereocenters. The molecule has 7 nitrogen and oxygen atoms in total. The number of amides is 1. The number of esters is 1. The van der Waals surface area contributed by atoms with Crippen molar-refractivity contribution in [1.29, 1.82) is 0 Å². The van der Waals surface area contributed by atoms with Crippen LogP contribution in [0.4, 0.5) is 11.4 Å². The average Bonchev–Trinajstić information content (AvgIpc) is 2.54. The number of hydrogen-bond donors (Lipinski definition) is 1. The molecular formula is C18H18N2O5. The third kappa shape index (κ3) is 4.41. The molecule has 0 spiro atoms. The molecule has 0 aliphatic heterocycles. The van der Waals surface area contributed by atoms with Crippen molar-refractivity contribution in [2.24, 2.45) is 0 Å². The zero-order valence-corrected chi connectivity index (χ0v) is 14.2. The van der Waals surface area contributed by atoms with Crippen LogP contribution < -0.4 is 5.32 Å². The molecule has 7 heteroatoms. The van der Waals surface area contributed by atoms with Crippen molar-refractivity contribution in [3.05, 3.63) is 68.8 Å². The number of carbonyl (C=O) groups is 2. The van der Waals surface area contributed by atoms with Gasteiger partial charge in [0, 0.05) is 6.07 Å². The maximum absolute atomic E-state index is 12.1. The van der Waals surface area contributed by atoms with E-state index >= 15 is 0 Å². The fraction of sp³-hybridized carbons (Fsp3) is 0.222. The average molecular weight is 342 g/mol. The molecule has 0 bridgehead atoms. The van der Waals surface area contributed by atoms with E-state index in [-0.39, 0.29) is 11.4 Å². The van der Waals surface area contributed by atoms with Gasteiger partial charge < -0.3 is 10.1 Å². The monoisotopic (exact) mass is 342 g/mol. The molecule has 2 rings (SSSR count). The quantitative estimate of drug-likeness (QED) is 0.510. The zero-order chi connectivity index (χ0) is 18.6. The lowest BCUT2D eigenvalue weighted by atomic mass is 10.1. The minimum absolute atomic E-state index is 0.0973.